The molecule has 4 nitrogen and oxygen atoms in total. The molecule has 2 aliphatic rings. The van der Waals surface area contributed by atoms with E-state index in [1.807, 2.05) is 36.4 Å². The van der Waals surface area contributed by atoms with Crippen molar-refractivity contribution in [1.29, 1.82) is 0 Å². The number of carbonyl (C=O) groups excluding carboxylic acids is 1. The highest BCUT2D eigenvalue weighted by atomic mass is 16.5. The van der Waals surface area contributed by atoms with E-state index in [1.165, 1.54) is 16.8 Å². The molecule has 32 heavy (non-hydrogen) atoms. The summed E-state index contributed by atoms with van der Waals surface area (Å²) in [6.45, 7) is 4.48. The Balaban J connectivity index is 1.31. The molecule has 3 aromatic rings. The van der Waals surface area contributed by atoms with Gasteiger partial charge in [-0.2, -0.15) is 0 Å². The van der Waals surface area contributed by atoms with Gasteiger partial charge < -0.3 is 9.64 Å². The summed E-state index contributed by atoms with van der Waals surface area (Å²) in [5.74, 6) is 0.419. The molecule has 2 unspecified atom stereocenters. The smallest absolute Gasteiger partial charge is 0.315 e. The maximum absolute atomic E-state index is 12.5. The Bertz CT molecular complexity index is 1100. The molecule has 5 rings (SSSR count). The second-order valence-electron chi connectivity index (χ2n) is 9.24. The topological polar surface area (TPSA) is 32.8 Å². The molecule has 1 saturated heterocycles. The van der Waals surface area contributed by atoms with Crippen LogP contribution in [0.15, 0.2) is 78.9 Å². The first-order valence-corrected chi connectivity index (χ1v) is 11.4. The van der Waals surface area contributed by atoms with E-state index in [0.717, 1.165) is 31.5 Å². The number of esters is 1. The van der Waals surface area contributed by atoms with Gasteiger partial charge in [0.25, 0.3) is 0 Å². The van der Waals surface area contributed by atoms with Crippen LogP contribution in [0.3, 0.4) is 0 Å². The van der Waals surface area contributed by atoms with Crippen LogP contribution in [0.5, 0.6) is 5.75 Å². The molecular weight excluding hydrogens is 396 g/mol. The van der Waals surface area contributed by atoms with Crippen LogP contribution in [0.25, 0.3) is 0 Å². The van der Waals surface area contributed by atoms with E-state index < -0.39 is 0 Å². The first-order valence-electron chi connectivity index (χ1n) is 11.4. The van der Waals surface area contributed by atoms with Crippen LogP contribution in [0.4, 0.5) is 5.69 Å². The molecule has 2 heterocycles. The van der Waals surface area contributed by atoms with Crippen molar-refractivity contribution in [3.8, 4) is 5.75 Å². The van der Waals surface area contributed by atoms with Gasteiger partial charge in [0.2, 0.25) is 0 Å². The van der Waals surface area contributed by atoms with E-state index in [-0.39, 0.29) is 17.8 Å². The molecule has 0 amide bonds. The molecule has 0 N–H and O–H groups in total. The molecule has 2 atom stereocenters. The molecule has 0 aromatic heterocycles. The molecule has 0 saturated carbocycles. The third-order valence-electron chi connectivity index (χ3n) is 7.12. The highest BCUT2D eigenvalue weighted by Gasteiger charge is 2.53. The number of benzene rings is 3. The second-order valence-corrected chi connectivity index (χ2v) is 9.24. The third kappa shape index (κ3) is 3.80. The number of ether oxygens (including phenoxy) is 1. The van der Waals surface area contributed by atoms with Gasteiger partial charge in [-0.15, -0.1) is 0 Å². The minimum Gasteiger partial charge on any atom is -0.426 e. The lowest BCUT2D eigenvalue weighted by atomic mass is 9.81. The molecule has 2 aliphatic heterocycles. The maximum atomic E-state index is 12.5. The average Bonchev–Trinajstić information content (AvgIpc) is 3.25. The fraction of sp³-hybridized carbons (Fsp3) is 0.321. The van der Waals surface area contributed by atoms with Gasteiger partial charge in [0.1, 0.15) is 5.75 Å². The van der Waals surface area contributed by atoms with Crippen molar-refractivity contribution < 1.29 is 9.53 Å². The summed E-state index contributed by atoms with van der Waals surface area (Å²) in [6, 6.07) is 26.6. The lowest BCUT2D eigenvalue weighted by molar-refractivity contribution is -0.133. The van der Waals surface area contributed by atoms with Crippen LogP contribution in [0.2, 0.25) is 0 Å². The summed E-state index contributed by atoms with van der Waals surface area (Å²) in [5.41, 5.74) is 4.91. The molecule has 4 heteroatoms. The summed E-state index contributed by atoms with van der Waals surface area (Å²) in [6.07, 6.45) is 2.77. The third-order valence-corrected chi connectivity index (χ3v) is 7.12. The largest absolute Gasteiger partial charge is 0.426 e. The monoisotopic (exact) mass is 426 g/mol. The van der Waals surface area contributed by atoms with Crippen molar-refractivity contribution in [1.82, 2.24) is 4.90 Å². The lowest BCUT2D eigenvalue weighted by Crippen LogP contribution is -2.47. The zero-order valence-corrected chi connectivity index (χ0v) is 18.8. The predicted molar refractivity (Wildman–Crippen MR) is 128 cm³/mol. The Morgan fingerprint density at radius 2 is 1.69 bits per heavy atom. The van der Waals surface area contributed by atoms with Gasteiger partial charge in [0, 0.05) is 31.2 Å². The Hall–Kier alpha value is -3.11. The molecule has 0 bridgehead atoms. The highest BCUT2D eigenvalue weighted by Crippen LogP contribution is 2.52. The number of rotatable bonds is 6. The number of fused-ring (bicyclic) bond motifs is 3. The number of hydrogen-bond donors (Lipinski definition) is 0. The highest BCUT2D eigenvalue weighted by molar-refractivity contribution is 5.76. The van der Waals surface area contributed by atoms with Crippen LogP contribution < -0.4 is 9.64 Å². The van der Waals surface area contributed by atoms with Gasteiger partial charge in [-0.05, 0) is 47.7 Å². The van der Waals surface area contributed by atoms with Crippen LogP contribution in [0.1, 0.15) is 30.0 Å². The minimum absolute atomic E-state index is 0.0304. The van der Waals surface area contributed by atoms with Crippen molar-refractivity contribution >= 4 is 11.7 Å². The zero-order valence-electron chi connectivity index (χ0n) is 18.8. The van der Waals surface area contributed by atoms with Crippen LogP contribution in [-0.2, 0) is 23.1 Å². The van der Waals surface area contributed by atoms with Crippen LogP contribution in [-0.4, -0.2) is 37.2 Å². The quantitative estimate of drug-likeness (QED) is 0.418. The lowest BCUT2D eigenvalue weighted by Gasteiger charge is -2.34. The van der Waals surface area contributed by atoms with Crippen molar-refractivity contribution in [2.45, 2.75) is 37.8 Å². The van der Waals surface area contributed by atoms with Crippen molar-refractivity contribution in [3.05, 3.63) is 95.6 Å². The fourth-order valence-corrected chi connectivity index (χ4v) is 5.53. The summed E-state index contributed by atoms with van der Waals surface area (Å²) in [7, 11) is 2.19. The normalized spacial score (nSPS) is 21.9. The summed E-state index contributed by atoms with van der Waals surface area (Å²) < 4.78 is 5.73. The molecule has 1 fully saturated rings. The van der Waals surface area contributed by atoms with Crippen LogP contribution >= 0.6 is 0 Å². The van der Waals surface area contributed by atoms with E-state index in [0.29, 0.717) is 11.9 Å². The van der Waals surface area contributed by atoms with E-state index in [1.54, 1.807) is 0 Å². The van der Waals surface area contributed by atoms with E-state index >= 15 is 0 Å². The molecule has 3 aromatic carbocycles. The fourth-order valence-electron chi connectivity index (χ4n) is 5.53. The molecule has 0 spiro atoms. The Morgan fingerprint density at radius 3 is 2.41 bits per heavy atom. The van der Waals surface area contributed by atoms with Gasteiger partial charge in [0.05, 0.1) is 12.6 Å². The number of likely N-dealkylation sites (N-methyl/N-ethyl adjacent to an activating group) is 1. The Labute approximate surface area is 190 Å². The summed E-state index contributed by atoms with van der Waals surface area (Å²) in [5, 5.41) is 0. The van der Waals surface area contributed by atoms with Crippen molar-refractivity contribution in [3.63, 3.8) is 0 Å². The number of anilines is 1. The van der Waals surface area contributed by atoms with Gasteiger partial charge in [0.15, 0.2) is 0 Å². The maximum Gasteiger partial charge on any atom is 0.315 e. The molecule has 0 radical (unpaired) electrons. The summed E-state index contributed by atoms with van der Waals surface area (Å²) in [4.78, 5) is 17.5. The van der Waals surface area contributed by atoms with E-state index in [9.17, 15) is 4.79 Å². The standard InChI is InChI=1S/C28H30N2O2/c1-28-16-18-30(17-15-21-9-5-3-6-10-21)27(28)29(2)25-14-13-23(20-24(25)28)32-26(31)19-22-11-7-4-8-12-22/h3-14,20,27H,15-19H2,1-2H3. The Morgan fingerprint density at radius 1 is 1.00 bits per heavy atom. The number of carbonyl (C=O) groups is 1. The zero-order chi connectivity index (χ0) is 22.1. The van der Waals surface area contributed by atoms with Gasteiger partial charge in [-0.25, -0.2) is 0 Å². The van der Waals surface area contributed by atoms with Gasteiger partial charge in [-0.3, -0.25) is 9.69 Å². The van der Waals surface area contributed by atoms with Gasteiger partial charge in [-0.1, -0.05) is 67.6 Å². The van der Waals surface area contributed by atoms with Crippen LogP contribution in [0, 0.1) is 0 Å². The van der Waals surface area contributed by atoms with E-state index in [2.05, 4.69) is 66.2 Å². The van der Waals surface area contributed by atoms with E-state index in [4.69, 9.17) is 4.74 Å². The Kier molecular flexibility index (Phi) is 5.48. The molecular formula is C28H30N2O2. The molecule has 0 aliphatic carbocycles. The second kappa shape index (κ2) is 8.44. The molecule has 164 valence electrons. The first kappa shape index (κ1) is 20.8. The summed E-state index contributed by atoms with van der Waals surface area (Å²) >= 11 is 0. The predicted octanol–water partition coefficient (Wildman–Crippen LogP) is 4.82. The SMILES string of the molecule is CN1c2ccc(OC(=O)Cc3ccccc3)cc2C2(C)CCN(CCc3ccccc3)C12. The van der Waals surface area contributed by atoms with Gasteiger partial charge >= 0.3 is 5.97 Å². The van der Waals surface area contributed by atoms with Crippen molar-refractivity contribution in [2.75, 3.05) is 25.0 Å². The first-order chi connectivity index (χ1) is 15.5. The average molecular weight is 427 g/mol. The number of likely N-dealkylation sites (tertiary alicyclic amines) is 1. The minimum atomic E-state index is -0.222. The number of nitrogens with zero attached hydrogens (tertiary/aromatic N) is 2. The number of hydrogen-bond acceptors (Lipinski definition) is 4. The van der Waals surface area contributed by atoms with Crippen molar-refractivity contribution in [2.24, 2.45) is 0 Å².